The third kappa shape index (κ3) is 4.76. The average Bonchev–Trinajstić information content (AvgIpc) is 2.27. The summed E-state index contributed by atoms with van der Waals surface area (Å²) in [5.41, 5.74) is 0. The Morgan fingerprint density at radius 3 is 2.11 bits per heavy atom. The Bertz CT molecular complexity index is 273. The maximum absolute atomic E-state index is 10.8. The van der Waals surface area contributed by atoms with Gasteiger partial charge in [-0.05, 0) is 37.0 Å². The van der Waals surface area contributed by atoms with Crippen LogP contribution in [0.4, 0.5) is 0 Å². The van der Waals surface area contributed by atoms with Gasteiger partial charge in [-0.2, -0.15) is 0 Å². The summed E-state index contributed by atoms with van der Waals surface area (Å²) >= 11 is 0. The summed E-state index contributed by atoms with van der Waals surface area (Å²) in [5.74, 6) is 0.0262. The van der Waals surface area contributed by atoms with E-state index in [1.807, 2.05) is 0 Å². The first-order valence-corrected chi connectivity index (χ1v) is 5.79. The fraction of sp³-hybridized carbons (Fsp3) is 0.833. The Hall–Kier alpha value is 0.295. The topological polar surface area (TPSA) is 87.2 Å². The van der Waals surface area contributed by atoms with Crippen molar-refractivity contribution in [3.8, 4) is 0 Å². The van der Waals surface area contributed by atoms with Crippen LogP contribution >= 0.6 is 0 Å². The maximum atomic E-state index is 10.8. The molecular weight excluding hydrogens is 222 g/mol. The Labute approximate surface area is 132 Å². The molecule has 2 aliphatic rings. The largest absolute Gasteiger partial charge is 1.00 e. The molecule has 4 nitrogen and oxygen atoms in total. The molecule has 0 aliphatic heterocycles. The molecule has 0 aromatic rings. The van der Waals surface area contributed by atoms with Gasteiger partial charge in [0.25, 0.3) is 0 Å². The third-order valence-corrected chi connectivity index (χ3v) is 4.11. The fourth-order valence-electron chi connectivity index (χ4n) is 3.21. The van der Waals surface area contributed by atoms with Gasteiger partial charge in [0.15, 0.2) is 0 Å². The van der Waals surface area contributed by atoms with Gasteiger partial charge < -0.3 is 20.2 Å². The third-order valence-electron chi connectivity index (χ3n) is 4.11. The predicted octanol–water partition coefficient (Wildman–Crippen LogP) is -5.49. The predicted molar refractivity (Wildman–Crippen MR) is 54.3 cm³/mol. The Kier molecular flexibility index (Phi) is 10.6. The van der Waals surface area contributed by atoms with E-state index in [1.54, 1.807) is 0 Å². The van der Waals surface area contributed by atoms with Crippen molar-refractivity contribution in [1.82, 2.24) is 0 Å². The molecule has 2 aliphatic carbocycles. The zero-order valence-corrected chi connectivity index (χ0v) is 11.2. The number of carbonyl (C=O) groups excluding carboxylic acids is 2. The summed E-state index contributed by atoms with van der Waals surface area (Å²) in [6, 6.07) is 0. The SMILES string of the molecule is O=[C-]C1CCC2CC(C(=O)[O-])CCC2C1.[Li+].[Li+].[OH-]. The minimum Gasteiger partial charge on any atom is -0.870 e. The minimum atomic E-state index is -0.891. The maximum Gasteiger partial charge on any atom is 1.00 e. The van der Waals surface area contributed by atoms with Crippen LogP contribution in [0.25, 0.3) is 0 Å². The van der Waals surface area contributed by atoms with E-state index in [1.165, 1.54) is 0 Å². The second kappa shape index (κ2) is 9.24. The number of hydrogen-bond acceptors (Lipinski definition) is 4. The normalized spacial score (nSPS) is 33.8. The summed E-state index contributed by atoms with van der Waals surface area (Å²) in [4.78, 5) is 21.4. The van der Waals surface area contributed by atoms with Crippen LogP contribution < -0.4 is 42.8 Å². The summed E-state index contributed by atoms with van der Waals surface area (Å²) in [7, 11) is 0. The van der Waals surface area contributed by atoms with Crippen LogP contribution in [-0.4, -0.2) is 17.7 Å². The molecule has 0 heterocycles. The molecule has 2 fully saturated rings. The first kappa shape index (κ1) is 20.6. The molecule has 0 aromatic carbocycles. The molecule has 4 atom stereocenters. The van der Waals surface area contributed by atoms with Crippen molar-refractivity contribution in [1.29, 1.82) is 0 Å². The van der Waals surface area contributed by atoms with Crippen LogP contribution in [0.15, 0.2) is 0 Å². The van der Waals surface area contributed by atoms with Crippen LogP contribution in [0.3, 0.4) is 0 Å². The second-order valence-electron chi connectivity index (χ2n) is 4.98. The van der Waals surface area contributed by atoms with Crippen LogP contribution in [0.5, 0.6) is 0 Å². The molecule has 18 heavy (non-hydrogen) atoms. The second-order valence-corrected chi connectivity index (χ2v) is 4.98. The summed E-state index contributed by atoms with van der Waals surface area (Å²) in [6.07, 6.45) is 7.34. The first-order chi connectivity index (χ1) is 7.20. The molecule has 2 rings (SSSR count). The molecule has 1 N–H and O–H groups in total. The number of carboxylic acid groups (broad SMARTS) is 1. The van der Waals surface area contributed by atoms with Gasteiger partial charge in [-0.15, -0.1) is 5.92 Å². The minimum absolute atomic E-state index is 0. The zero-order valence-electron chi connectivity index (χ0n) is 11.2. The van der Waals surface area contributed by atoms with Crippen LogP contribution in [0.2, 0.25) is 0 Å². The van der Waals surface area contributed by atoms with Gasteiger partial charge in [-0.25, -0.2) is 0 Å². The zero-order chi connectivity index (χ0) is 10.8. The number of rotatable bonds is 2. The molecule has 4 unspecified atom stereocenters. The van der Waals surface area contributed by atoms with Gasteiger partial charge in [-0.1, -0.05) is 19.3 Å². The van der Waals surface area contributed by atoms with Crippen molar-refractivity contribution in [2.45, 2.75) is 38.5 Å². The average molecular weight is 239 g/mol. The van der Waals surface area contributed by atoms with E-state index >= 15 is 0 Å². The standard InChI is InChI=1S/C12H17O3.2Li.H2O/c13-7-8-1-2-10-6-11(12(14)15)4-3-9(10)5-8;;;/h8-11H,1-6H2,(H,14,15);;;1H2/q-1;2*+1;/p-2. The van der Waals surface area contributed by atoms with E-state index in [4.69, 9.17) is 0 Å². The quantitative estimate of drug-likeness (QED) is 0.355. The van der Waals surface area contributed by atoms with Crippen molar-refractivity contribution in [3.05, 3.63) is 0 Å². The van der Waals surface area contributed by atoms with Gasteiger partial charge >= 0.3 is 37.7 Å². The molecule has 6 heteroatoms. The van der Waals surface area contributed by atoms with Crippen molar-refractivity contribution < 1.29 is 57.9 Å². The van der Waals surface area contributed by atoms with Crippen LogP contribution in [0, 0.1) is 23.7 Å². The molecule has 0 radical (unpaired) electrons. The number of fused-ring (bicyclic) bond motifs is 1. The summed E-state index contributed by atoms with van der Waals surface area (Å²) in [5, 5.41) is 10.8. The summed E-state index contributed by atoms with van der Waals surface area (Å²) in [6.45, 7) is 0. The number of carboxylic acids is 1. The molecule has 2 saturated carbocycles. The molecule has 0 bridgehead atoms. The number of carbonyl (C=O) groups is 1. The molecule has 0 aromatic heterocycles. The Balaban J connectivity index is 0. The van der Waals surface area contributed by atoms with Crippen molar-refractivity contribution in [3.63, 3.8) is 0 Å². The molecular formula is C12H17Li2O4-. The smallest absolute Gasteiger partial charge is 0.870 e. The molecule has 0 saturated heterocycles. The molecule has 92 valence electrons. The van der Waals surface area contributed by atoms with Gasteiger partial charge in [0.1, 0.15) is 0 Å². The first-order valence-electron chi connectivity index (χ1n) is 5.79. The molecule has 0 amide bonds. The van der Waals surface area contributed by atoms with E-state index in [2.05, 4.69) is 6.29 Å². The monoisotopic (exact) mass is 239 g/mol. The van der Waals surface area contributed by atoms with Crippen LogP contribution in [0.1, 0.15) is 38.5 Å². The van der Waals surface area contributed by atoms with Gasteiger partial charge in [0.05, 0.1) is 0 Å². The number of aliphatic carboxylic acids is 1. The van der Waals surface area contributed by atoms with Crippen molar-refractivity contribution in [2.24, 2.45) is 23.7 Å². The number of hydrogen-bond donors (Lipinski definition) is 0. The van der Waals surface area contributed by atoms with Gasteiger partial charge in [0, 0.05) is 5.97 Å². The fourth-order valence-corrected chi connectivity index (χ4v) is 3.21. The van der Waals surface area contributed by atoms with Gasteiger partial charge in [-0.3, -0.25) is 6.29 Å². The van der Waals surface area contributed by atoms with E-state index in [0.717, 1.165) is 38.5 Å². The summed E-state index contributed by atoms with van der Waals surface area (Å²) < 4.78 is 0. The van der Waals surface area contributed by atoms with Crippen molar-refractivity contribution >= 4 is 12.3 Å². The van der Waals surface area contributed by atoms with E-state index < -0.39 is 5.97 Å². The van der Waals surface area contributed by atoms with E-state index in [-0.39, 0.29) is 55.0 Å². The van der Waals surface area contributed by atoms with E-state index in [0.29, 0.717) is 11.8 Å². The van der Waals surface area contributed by atoms with Gasteiger partial charge in [0.2, 0.25) is 0 Å². The molecule has 0 spiro atoms. The Morgan fingerprint density at radius 1 is 1.00 bits per heavy atom. The van der Waals surface area contributed by atoms with E-state index in [9.17, 15) is 14.7 Å². The Morgan fingerprint density at radius 2 is 1.56 bits per heavy atom. The van der Waals surface area contributed by atoms with Crippen molar-refractivity contribution in [2.75, 3.05) is 0 Å². The van der Waals surface area contributed by atoms with Crippen LogP contribution in [-0.2, 0) is 9.59 Å².